The summed E-state index contributed by atoms with van der Waals surface area (Å²) in [6, 6.07) is 12.9. The number of nitro benzene ring substituents is 1. The van der Waals surface area contributed by atoms with Crippen LogP contribution in [0.15, 0.2) is 65.4 Å². The summed E-state index contributed by atoms with van der Waals surface area (Å²) in [6.45, 7) is 1.46. The number of benzene rings is 2. The molecule has 0 fully saturated rings. The molecule has 8 nitrogen and oxygen atoms in total. The van der Waals surface area contributed by atoms with Gasteiger partial charge in [-0.2, -0.15) is 0 Å². The average molecular weight is 375 g/mol. The summed E-state index contributed by atoms with van der Waals surface area (Å²) >= 11 is 0. The Bertz CT molecular complexity index is 1200. The van der Waals surface area contributed by atoms with Gasteiger partial charge in [0.05, 0.1) is 10.4 Å². The zero-order valence-corrected chi connectivity index (χ0v) is 14.7. The number of ether oxygens (including phenoxy) is 1. The third-order valence-electron chi connectivity index (χ3n) is 4.32. The zero-order valence-electron chi connectivity index (χ0n) is 14.7. The first-order valence-corrected chi connectivity index (χ1v) is 8.32. The molecule has 1 aliphatic rings. The first kappa shape index (κ1) is 17.3. The smallest absolute Gasteiger partial charge is 0.363 e. The summed E-state index contributed by atoms with van der Waals surface area (Å²) in [7, 11) is 0. The van der Waals surface area contributed by atoms with Crippen LogP contribution in [0.5, 0.6) is 0 Å². The van der Waals surface area contributed by atoms with Gasteiger partial charge in [-0.25, -0.2) is 9.79 Å². The van der Waals surface area contributed by atoms with E-state index in [1.165, 1.54) is 35.8 Å². The number of hydrogen-bond acceptors (Lipinski definition) is 6. The molecule has 0 saturated heterocycles. The van der Waals surface area contributed by atoms with Crippen LogP contribution in [0.1, 0.15) is 22.8 Å². The van der Waals surface area contributed by atoms with Gasteiger partial charge in [0, 0.05) is 41.8 Å². The number of para-hydroxylation sites is 1. The second kappa shape index (κ2) is 6.58. The molecule has 2 aromatic carbocycles. The van der Waals surface area contributed by atoms with Crippen molar-refractivity contribution in [2.45, 2.75) is 6.92 Å². The molecule has 2 heterocycles. The second-order valence-electron chi connectivity index (χ2n) is 6.13. The molecule has 1 aromatic heterocycles. The third-order valence-corrected chi connectivity index (χ3v) is 4.32. The van der Waals surface area contributed by atoms with Crippen LogP contribution >= 0.6 is 0 Å². The topological polar surface area (TPSA) is 104 Å². The summed E-state index contributed by atoms with van der Waals surface area (Å²) in [5.41, 5.74) is 1.86. The second-order valence-corrected chi connectivity index (χ2v) is 6.13. The van der Waals surface area contributed by atoms with Crippen LogP contribution in [-0.2, 0) is 9.53 Å². The van der Waals surface area contributed by atoms with Gasteiger partial charge in [-0.05, 0) is 24.3 Å². The van der Waals surface area contributed by atoms with Gasteiger partial charge in [0.15, 0.2) is 5.70 Å². The zero-order chi connectivity index (χ0) is 19.8. The summed E-state index contributed by atoms with van der Waals surface area (Å²) < 4.78 is 6.70. The van der Waals surface area contributed by atoms with Crippen molar-refractivity contribution in [2.24, 2.45) is 4.99 Å². The molecule has 0 radical (unpaired) electrons. The molecule has 0 atom stereocenters. The Kier molecular flexibility index (Phi) is 4.08. The van der Waals surface area contributed by atoms with Crippen molar-refractivity contribution < 1.29 is 19.2 Å². The van der Waals surface area contributed by atoms with E-state index < -0.39 is 10.9 Å². The SMILES string of the molecule is CC(=O)n1cc(C=C2N=C(c3ccc([N+](=O)[O-])cc3)OC2=O)c2ccccc21. The van der Waals surface area contributed by atoms with Gasteiger partial charge in [0.25, 0.3) is 5.69 Å². The van der Waals surface area contributed by atoms with Crippen LogP contribution in [0.3, 0.4) is 0 Å². The van der Waals surface area contributed by atoms with Crippen LogP contribution in [0, 0.1) is 10.1 Å². The van der Waals surface area contributed by atoms with Crippen LogP contribution in [-0.4, -0.2) is 27.3 Å². The fourth-order valence-corrected chi connectivity index (χ4v) is 2.99. The van der Waals surface area contributed by atoms with E-state index >= 15 is 0 Å². The minimum Gasteiger partial charge on any atom is -0.402 e. The predicted molar refractivity (Wildman–Crippen MR) is 102 cm³/mol. The number of aliphatic imine (C=N–C) groups is 1. The van der Waals surface area contributed by atoms with E-state index in [4.69, 9.17) is 4.74 Å². The number of rotatable bonds is 3. The molecule has 0 amide bonds. The standard InChI is InChI=1S/C20H13N3O5/c1-12(24)22-11-14(16-4-2-3-5-18(16)22)10-17-20(25)28-19(21-17)13-6-8-15(9-7-13)23(26)27/h2-11H,1H3. The molecule has 0 spiro atoms. The van der Waals surface area contributed by atoms with Gasteiger partial charge < -0.3 is 4.74 Å². The molecule has 4 rings (SSSR count). The van der Waals surface area contributed by atoms with Crippen molar-refractivity contribution in [3.05, 3.63) is 81.7 Å². The number of aromatic nitrogens is 1. The Morgan fingerprint density at radius 2 is 1.89 bits per heavy atom. The molecule has 28 heavy (non-hydrogen) atoms. The van der Waals surface area contributed by atoms with Gasteiger partial charge in [0.1, 0.15) is 0 Å². The van der Waals surface area contributed by atoms with Gasteiger partial charge >= 0.3 is 5.97 Å². The number of carbonyl (C=O) groups excluding carboxylic acids is 2. The van der Waals surface area contributed by atoms with Crippen molar-refractivity contribution in [1.29, 1.82) is 0 Å². The summed E-state index contributed by atoms with van der Waals surface area (Å²) in [6.07, 6.45) is 3.20. The molecular weight excluding hydrogens is 362 g/mol. The number of fused-ring (bicyclic) bond motifs is 1. The van der Waals surface area contributed by atoms with E-state index in [1.54, 1.807) is 12.3 Å². The molecule has 1 aliphatic heterocycles. The molecule has 138 valence electrons. The number of cyclic esters (lactones) is 1. The van der Waals surface area contributed by atoms with Crippen molar-refractivity contribution in [3.63, 3.8) is 0 Å². The number of esters is 1. The monoisotopic (exact) mass is 375 g/mol. The highest BCUT2D eigenvalue weighted by molar-refractivity contribution is 6.13. The maximum absolute atomic E-state index is 12.2. The first-order valence-electron chi connectivity index (χ1n) is 8.32. The maximum Gasteiger partial charge on any atom is 0.363 e. The molecule has 0 N–H and O–H groups in total. The maximum atomic E-state index is 12.2. The Labute approximate surface area is 158 Å². The first-order chi connectivity index (χ1) is 13.4. The quantitative estimate of drug-likeness (QED) is 0.301. The van der Waals surface area contributed by atoms with Gasteiger partial charge in [-0.1, -0.05) is 18.2 Å². The Morgan fingerprint density at radius 1 is 1.18 bits per heavy atom. The van der Waals surface area contributed by atoms with E-state index in [-0.39, 0.29) is 23.2 Å². The van der Waals surface area contributed by atoms with Crippen molar-refractivity contribution in [2.75, 3.05) is 0 Å². The van der Waals surface area contributed by atoms with Crippen LogP contribution in [0.25, 0.3) is 17.0 Å². The minimum absolute atomic E-state index is 0.0681. The molecule has 3 aromatic rings. The van der Waals surface area contributed by atoms with E-state index in [2.05, 4.69) is 4.99 Å². The van der Waals surface area contributed by atoms with Crippen LogP contribution < -0.4 is 0 Å². The molecule has 0 saturated carbocycles. The predicted octanol–water partition coefficient (Wildman–Crippen LogP) is 3.55. The molecular formula is C20H13N3O5. The lowest BCUT2D eigenvalue weighted by Gasteiger charge is -1.98. The van der Waals surface area contributed by atoms with Crippen LogP contribution in [0.4, 0.5) is 5.69 Å². The molecule has 0 unspecified atom stereocenters. The van der Waals surface area contributed by atoms with Crippen molar-refractivity contribution in [3.8, 4) is 0 Å². The summed E-state index contributed by atoms with van der Waals surface area (Å²) in [5, 5.41) is 11.6. The van der Waals surface area contributed by atoms with Gasteiger partial charge in [0.2, 0.25) is 11.8 Å². The van der Waals surface area contributed by atoms with E-state index in [9.17, 15) is 19.7 Å². The fourth-order valence-electron chi connectivity index (χ4n) is 2.99. The highest BCUT2D eigenvalue weighted by Gasteiger charge is 2.25. The average Bonchev–Trinajstić information content (AvgIpc) is 3.23. The van der Waals surface area contributed by atoms with Crippen molar-refractivity contribution >= 4 is 40.4 Å². The summed E-state index contributed by atoms with van der Waals surface area (Å²) in [5.74, 6) is -0.709. The molecule has 8 heteroatoms. The Hall–Kier alpha value is -4.07. The lowest BCUT2D eigenvalue weighted by molar-refractivity contribution is -0.384. The number of non-ortho nitro benzene ring substituents is 1. The number of carbonyl (C=O) groups is 2. The third kappa shape index (κ3) is 2.96. The Morgan fingerprint density at radius 3 is 2.57 bits per heavy atom. The van der Waals surface area contributed by atoms with Gasteiger partial charge in [-0.3, -0.25) is 19.5 Å². The van der Waals surface area contributed by atoms with E-state index in [0.29, 0.717) is 11.1 Å². The summed E-state index contributed by atoms with van der Waals surface area (Å²) in [4.78, 5) is 38.5. The van der Waals surface area contributed by atoms with Crippen LogP contribution in [0.2, 0.25) is 0 Å². The Balaban J connectivity index is 1.74. The highest BCUT2D eigenvalue weighted by Crippen LogP contribution is 2.26. The normalized spacial score (nSPS) is 15.0. The largest absolute Gasteiger partial charge is 0.402 e. The highest BCUT2D eigenvalue weighted by atomic mass is 16.6. The molecule has 0 bridgehead atoms. The lowest BCUT2D eigenvalue weighted by Crippen LogP contribution is -2.05. The lowest BCUT2D eigenvalue weighted by atomic mass is 10.1. The van der Waals surface area contributed by atoms with E-state index in [1.807, 2.05) is 24.3 Å². The van der Waals surface area contributed by atoms with Crippen molar-refractivity contribution in [1.82, 2.24) is 4.57 Å². The molecule has 0 aliphatic carbocycles. The minimum atomic E-state index is -0.631. The van der Waals surface area contributed by atoms with Gasteiger partial charge in [-0.15, -0.1) is 0 Å². The number of hydrogen-bond donors (Lipinski definition) is 0. The van der Waals surface area contributed by atoms with E-state index in [0.717, 1.165) is 10.9 Å². The number of nitrogens with zero attached hydrogens (tertiary/aromatic N) is 3. The fraction of sp³-hybridized carbons (Fsp3) is 0.0500. The number of nitro groups is 1.